The third-order valence-corrected chi connectivity index (χ3v) is 9.08. The van der Waals surface area contributed by atoms with Crippen molar-refractivity contribution in [1.29, 1.82) is 0 Å². The zero-order valence-corrected chi connectivity index (χ0v) is 20.7. The van der Waals surface area contributed by atoms with Crippen molar-refractivity contribution in [2.24, 2.45) is 5.92 Å². The average Bonchev–Trinajstić information content (AvgIpc) is 3.09. The Bertz CT molecular complexity index is 1430. The molecule has 0 spiro atoms. The molecule has 2 heterocycles. The van der Waals surface area contributed by atoms with Crippen LogP contribution in [-0.4, -0.2) is 18.0 Å². The van der Waals surface area contributed by atoms with Crippen LogP contribution in [0.25, 0.3) is 42.3 Å². The highest BCUT2D eigenvalue weighted by Crippen LogP contribution is 2.38. The van der Waals surface area contributed by atoms with Gasteiger partial charge >= 0.3 is 0 Å². The topological polar surface area (TPSA) is 25.8 Å². The third kappa shape index (κ3) is 3.68. The molecule has 3 aromatic carbocycles. The van der Waals surface area contributed by atoms with E-state index < -0.39 is 8.07 Å². The van der Waals surface area contributed by atoms with Crippen LogP contribution in [0.4, 0.5) is 0 Å². The summed E-state index contributed by atoms with van der Waals surface area (Å²) in [7, 11) is -1.52. The van der Waals surface area contributed by atoms with Gasteiger partial charge in [-0.2, -0.15) is 0 Å². The summed E-state index contributed by atoms with van der Waals surface area (Å²) in [5.74, 6) is 0.653. The predicted molar refractivity (Wildman–Crippen MR) is 139 cm³/mol. The summed E-state index contributed by atoms with van der Waals surface area (Å²) < 4.78 is 2.50. The summed E-state index contributed by atoms with van der Waals surface area (Å²) in [4.78, 5) is 9.48. The van der Waals surface area contributed by atoms with Gasteiger partial charge in [-0.3, -0.25) is 0 Å². The fraction of sp³-hybridized carbons (Fsp3) is 0.259. The lowest BCUT2D eigenvalue weighted by Gasteiger charge is -2.21. The second kappa shape index (κ2) is 7.54. The highest BCUT2D eigenvalue weighted by Gasteiger charge is 2.22. The van der Waals surface area contributed by atoms with Crippen LogP contribution in [0, 0.1) is 5.92 Å². The van der Waals surface area contributed by atoms with Gasteiger partial charge in [-0.25, -0.2) is 9.97 Å². The Labute approximate surface area is 189 Å². The number of hydrogen-bond donors (Lipinski definition) is 0. The molecule has 0 aliphatic rings. The summed E-state index contributed by atoms with van der Waals surface area (Å²) in [6.07, 6.45) is 2.84. The average molecular weight is 441 g/mol. The van der Waals surface area contributed by atoms with Crippen molar-refractivity contribution in [1.82, 2.24) is 9.97 Å². The van der Waals surface area contributed by atoms with Crippen molar-refractivity contribution in [3.63, 3.8) is 0 Å². The summed E-state index contributed by atoms with van der Waals surface area (Å²) in [6, 6.07) is 20.3. The van der Waals surface area contributed by atoms with Crippen molar-refractivity contribution in [2.75, 3.05) is 0 Å². The van der Waals surface area contributed by atoms with Gasteiger partial charge in [0, 0.05) is 15.6 Å². The Kier molecular flexibility index (Phi) is 4.95. The first-order valence-corrected chi connectivity index (χ1v) is 15.3. The number of aromatic nitrogens is 2. The molecule has 156 valence electrons. The third-order valence-electron chi connectivity index (χ3n) is 5.90. The smallest absolute Gasteiger partial charge is 0.116 e. The molecule has 0 radical (unpaired) electrons. The van der Waals surface area contributed by atoms with Gasteiger partial charge in [-0.1, -0.05) is 81.1 Å². The number of hydrogen-bond acceptors (Lipinski definition) is 3. The Morgan fingerprint density at radius 1 is 0.903 bits per heavy atom. The zero-order chi connectivity index (χ0) is 21.8. The molecule has 0 atom stereocenters. The van der Waals surface area contributed by atoms with Crippen LogP contribution in [0.15, 0.2) is 60.9 Å². The SMILES string of the molecule is CC(C)Cc1ccc2c(c1)sc1c(-c3cc([Si](C)(C)C)c4ccccc4c3)ncnc12. The van der Waals surface area contributed by atoms with Crippen LogP contribution in [0.5, 0.6) is 0 Å². The molecular formula is C27H28N2SSi. The van der Waals surface area contributed by atoms with Gasteiger partial charge in [0.2, 0.25) is 0 Å². The maximum atomic E-state index is 4.79. The van der Waals surface area contributed by atoms with Crippen molar-refractivity contribution in [3.05, 3.63) is 66.5 Å². The molecule has 31 heavy (non-hydrogen) atoms. The van der Waals surface area contributed by atoms with Crippen LogP contribution < -0.4 is 5.19 Å². The Morgan fingerprint density at radius 2 is 1.71 bits per heavy atom. The second-order valence-corrected chi connectivity index (χ2v) is 16.0. The van der Waals surface area contributed by atoms with E-state index >= 15 is 0 Å². The lowest BCUT2D eigenvalue weighted by Crippen LogP contribution is -2.38. The number of rotatable bonds is 4. The number of nitrogens with zero attached hydrogens (tertiary/aromatic N) is 2. The van der Waals surface area contributed by atoms with E-state index in [1.165, 1.54) is 41.9 Å². The van der Waals surface area contributed by atoms with E-state index in [0.29, 0.717) is 5.92 Å². The molecule has 0 unspecified atom stereocenters. The van der Waals surface area contributed by atoms with E-state index in [9.17, 15) is 0 Å². The van der Waals surface area contributed by atoms with E-state index in [4.69, 9.17) is 4.98 Å². The number of fused-ring (bicyclic) bond motifs is 4. The molecule has 5 aromatic rings. The Balaban J connectivity index is 1.76. The first-order chi connectivity index (χ1) is 14.8. The maximum Gasteiger partial charge on any atom is 0.116 e. The minimum Gasteiger partial charge on any atom is -0.235 e. The molecule has 0 bridgehead atoms. The minimum absolute atomic E-state index is 0.653. The van der Waals surface area contributed by atoms with Gasteiger partial charge in [0.1, 0.15) is 6.33 Å². The fourth-order valence-electron chi connectivity index (χ4n) is 4.49. The van der Waals surface area contributed by atoms with Crippen LogP contribution in [0.1, 0.15) is 19.4 Å². The molecule has 0 N–H and O–H groups in total. The van der Waals surface area contributed by atoms with Crippen LogP contribution in [0.2, 0.25) is 19.6 Å². The van der Waals surface area contributed by atoms with Gasteiger partial charge < -0.3 is 0 Å². The summed E-state index contributed by atoms with van der Waals surface area (Å²) in [5.41, 5.74) is 4.73. The Hall–Kier alpha value is -2.56. The molecule has 0 aliphatic carbocycles. The highest BCUT2D eigenvalue weighted by atomic mass is 32.1. The molecule has 0 fully saturated rings. The maximum absolute atomic E-state index is 4.79. The molecule has 5 rings (SSSR count). The quantitative estimate of drug-likeness (QED) is 0.272. The first-order valence-electron chi connectivity index (χ1n) is 11.0. The molecule has 0 aliphatic heterocycles. The molecule has 2 nitrogen and oxygen atoms in total. The molecule has 0 amide bonds. The van der Waals surface area contributed by atoms with Gasteiger partial charge in [0.15, 0.2) is 0 Å². The van der Waals surface area contributed by atoms with E-state index in [0.717, 1.165) is 17.6 Å². The van der Waals surface area contributed by atoms with E-state index in [1.807, 2.05) is 11.3 Å². The standard InChI is InChI=1S/C27H28N2SSi/c1-17(2)12-18-10-11-22-23(13-18)30-27-25(28-16-29-26(22)27)20-14-19-8-6-7-9-21(19)24(15-20)31(3,4)5/h6-11,13-17H,12H2,1-5H3. The summed E-state index contributed by atoms with van der Waals surface area (Å²) in [6.45, 7) is 11.8. The number of thiophene rings is 1. The normalized spacial score (nSPS) is 12.5. The van der Waals surface area contributed by atoms with Crippen LogP contribution in [-0.2, 0) is 6.42 Å². The molecular weight excluding hydrogens is 412 g/mol. The van der Waals surface area contributed by atoms with E-state index in [2.05, 4.69) is 93.1 Å². The summed E-state index contributed by atoms with van der Waals surface area (Å²) in [5, 5.41) is 5.41. The second-order valence-electron chi connectivity index (χ2n) is 9.93. The minimum atomic E-state index is -1.52. The van der Waals surface area contributed by atoms with Crippen LogP contribution in [0.3, 0.4) is 0 Å². The monoisotopic (exact) mass is 440 g/mol. The van der Waals surface area contributed by atoms with Gasteiger partial charge in [-0.05, 0) is 40.8 Å². The zero-order valence-electron chi connectivity index (χ0n) is 18.9. The van der Waals surface area contributed by atoms with Crippen molar-refractivity contribution >= 4 is 55.7 Å². The lowest BCUT2D eigenvalue weighted by molar-refractivity contribution is 0.648. The van der Waals surface area contributed by atoms with Crippen LogP contribution >= 0.6 is 11.3 Å². The fourth-order valence-corrected chi connectivity index (χ4v) is 7.35. The van der Waals surface area contributed by atoms with Crippen molar-refractivity contribution in [3.8, 4) is 11.3 Å². The highest BCUT2D eigenvalue weighted by molar-refractivity contribution is 7.26. The molecule has 4 heteroatoms. The first kappa shape index (κ1) is 20.3. The van der Waals surface area contributed by atoms with E-state index in [-0.39, 0.29) is 0 Å². The Morgan fingerprint density at radius 3 is 2.48 bits per heavy atom. The van der Waals surface area contributed by atoms with Crippen molar-refractivity contribution < 1.29 is 0 Å². The van der Waals surface area contributed by atoms with E-state index in [1.54, 1.807) is 6.33 Å². The number of benzene rings is 3. The molecule has 0 saturated carbocycles. The van der Waals surface area contributed by atoms with Gasteiger partial charge in [-0.15, -0.1) is 11.3 Å². The summed E-state index contributed by atoms with van der Waals surface area (Å²) >= 11 is 1.83. The predicted octanol–water partition coefficient (Wildman–Crippen LogP) is 7.41. The van der Waals surface area contributed by atoms with Gasteiger partial charge in [0.05, 0.1) is 24.0 Å². The molecule has 2 aromatic heterocycles. The lowest BCUT2D eigenvalue weighted by atomic mass is 10.0. The largest absolute Gasteiger partial charge is 0.235 e. The molecule has 0 saturated heterocycles. The van der Waals surface area contributed by atoms with Crippen molar-refractivity contribution in [2.45, 2.75) is 39.9 Å². The van der Waals surface area contributed by atoms with Gasteiger partial charge in [0.25, 0.3) is 0 Å².